The summed E-state index contributed by atoms with van der Waals surface area (Å²) < 4.78 is 14.5. The predicted molar refractivity (Wildman–Crippen MR) is 118 cm³/mol. The number of amides is 2. The highest BCUT2D eigenvalue weighted by atomic mass is 19.1. The third kappa shape index (κ3) is 5.09. The second-order valence-electron chi connectivity index (χ2n) is 8.79. The van der Waals surface area contributed by atoms with Crippen molar-refractivity contribution in [1.82, 2.24) is 20.3 Å². The predicted octanol–water partition coefficient (Wildman–Crippen LogP) is 5.31. The molecule has 0 bridgehead atoms. The van der Waals surface area contributed by atoms with Gasteiger partial charge in [0.15, 0.2) is 5.65 Å². The number of aromatic nitrogens is 3. The number of anilines is 1. The Balaban J connectivity index is 1.90. The molecule has 2 aromatic heterocycles. The van der Waals surface area contributed by atoms with Crippen molar-refractivity contribution in [1.29, 1.82) is 0 Å². The minimum Gasteiger partial charge on any atom is -0.338 e. The summed E-state index contributed by atoms with van der Waals surface area (Å²) in [4.78, 5) is 25.4. The largest absolute Gasteiger partial charge is 0.338 e. The molecule has 0 saturated carbocycles. The quantitative estimate of drug-likeness (QED) is 0.612. The molecule has 30 heavy (non-hydrogen) atoms. The first-order valence-corrected chi connectivity index (χ1v) is 10.00. The molecule has 7 heteroatoms. The van der Waals surface area contributed by atoms with Crippen LogP contribution in [0.15, 0.2) is 24.4 Å². The molecule has 6 nitrogen and oxygen atoms in total. The molecule has 0 spiro atoms. The van der Waals surface area contributed by atoms with Gasteiger partial charge in [0.25, 0.3) is 0 Å². The molecule has 1 aromatic carbocycles. The van der Waals surface area contributed by atoms with Gasteiger partial charge in [-0.25, -0.2) is 24.1 Å². The number of nitrogens with zero attached hydrogens (tertiary/aromatic N) is 3. The summed E-state index contributed by atoms with van der Waals surface area (Å²) in [6.45, 7) is 12.4. The van der Waals surface area contributed by atoms with Crippen LogP contribution in [0.4, 0.5) is 14.9 Å². The number of urea groups is 1. The Labute approximate surface area is 176 Å². The summed E-state index contributed by atoms with van der Waals surface area (Å²) in [6.07, 6.45) is 2.56. The van der Waals surface area contributed by atoms with Crippen LogP contribution in [-0.4, -0.2) is 27.5 Å². The van der Waals surface area contributed by atoms with Crippen molar-refractivity contribution in [2.45, 2.75) is 48.0 Å². The van der Waals surface area contributed by atoms with E-state index in [4.69, 9.17) is 0 Å². The lowest BCUT2D eigenvalue weighted by atomic mass is 9.92. The van der Waals surface area contributed by atoms with Crippen molar-refractivity contribution >= 4 is 22.8 Å². The van der Waals surface area contributed by atoms with Crippen molar-refractivity contribution in [3.05, 3.63) is 47.3 Å². The van der Waals surface area contributed by atoms with Gasteiger partial charge < -0.3 is 10.6 Å². The molecule has 158 valence electrons. The van der Waals surface area contributed by atoms with Gasteiger partial charge in [-0.05, 0) is 61.9 Å². The van der Waals surface area contributed by atoms with Crippen LogP contribution in [0.25, 0.3) is 22.2 Å². The van der Waals surface area contributed by atoms with Crippen LogP contribution in [0, 0.1) is 32.0 Å². The first-order valence-electron chi connectivity index (χ1n) is 10.00. The zero-order valence-electron chi connectivity index (χ0n) is 18.4. The molecule has 2 amide bonds. The van der Waals surface area contributed by atoms with Crippen molar-refractivity contribution < 1.29 is 9.18 Å². The topological polar surface area (TPSA) is 79.8 Å². The Hall–Kier alpha value is -3.09. The molecule has 0 radical (unpaired) electrons. The molecule has 0 saturated heterocycles. The number of aryl methyl sites for hydroxylation is 3. The zero-order chi connectivity index (χ0) is 22.1. The number of rotatable bonds is 4. The molecule has 0 atom stereocenters. The second-order valence-corrected chi connectivity index (χ2v) is 8.79. The van der Waals surface area contributed by atoms with E-state index in [0.29, 0.717) is 18.0 Å². The molecule has 0 aliphatic rings. The number of carbonyl (C=O) groups excluding carboxylic acids is 1. The van der Waals surface area contributed by atoms with Crippen molar-refractivity contribution in [2.75, 3.05) is 11.9 Å². The minimum absolute atomic E-state index is 0.110. The molecule has 2 N–H and O–H groups in total. The molecule has 0 aliphatic carbocycles. The molecule has 0 fully saturated rings. The Morgan fingerprint density at radius 3 is 2.50 bits per heavy atom. The summed E-state index contributed by atoms with van der Waals surface area (Å²) >= 11 is 0. The third-order valence-corrected chi connectivity index (χ3v) is 4.89. The van der Waals surface area contributed by atoms with Gasteiger partial charge in [-0.1, -0.05) is 20.8 Å². The number of carbonyl (C=O) groups is 1. The van der Waals surface area contributed by atoms with Crippen molar-refractivity contribution in [3.63, 3.8) is 0 Å². The van der Waals surface area contributed by atoms with Crippen molar-refractivity contribution in [2.24, 2.45) is 5.41 Å². The molecule has 2 heterocycles. The van der Waals surface area contributed by atoms with E-state index in [-0.39, 0.29) is 11.1 Å². The van der Waals surface area contributed by atoms with Gasteiger partial charge in [-0.3, -0.25) is 0 Å². The second kappa shape index (κ2) is 8.34. The van der Waals surface area contributed by atoms with Crippen LogP contribution in [-0.2, 0) is 0 Å². The number of benzene rings is 1. The van der Waals surface area contributed by atoms with Gasteiger partial charge in [-0.15, -0.1) is 0 Å². The van der Waals surface area contributed by atoms with Crippen LogP contribution < -0.4 is 10.6 Å². The fourth-order valence-corrected chi connectivity index (χ4v) is 3.19. The van der Waals surface area contributed by atoms with Gasteiger partial charge in [-0.2, -0.15) is 0 Å². The Bertz CT molecular complexity index is 1100. The van der Waals surface area contributed by atoms with Crippen LogP contribution in [0.5, 0.6) is 0 Å². The fourth-order valence-electron chi connectivity index (χ4n) is 3.19. The highest BCUT2D eigenvalue weighted by Gasteiger charge is 2.15. The number of hydrogen-bond donors (Lipinski definition) is 2. The molecule has 3 aromatic rings. The lowest BCUT2D eigenvalue weighted by Gasteiger charge is -2.18. The summed E-state index contributed by atoms with van der Waals surface area (Å²) in [5.74, 6) is 0.177. The van der Waals surface area contributed by atoms with Crippen LogP contribution in [0.2, 0.25) is 0 Å². The maximum absolute atomic E-state index is 14.5. The smallest absolute Gasteiger partial charge is 0.319 e. The van der Waals surface area contributed by atoms with Crippen molar-refractivity contribution in [3.8, 4) is 11.1 Å². The number of halogens is 1. The number of pyridine rings is 1. The van der Waals surface area contributed by atoms with E-state index >= 15 is 0 Å². The fraction of sp³-hybridized carbons (Fsp3) is 0.391. The van der Waals surface area contributed by atoms with E-state index in [2.05, 4.69) is 46.4 Å². The highest BCUT2D eigenvalue weighted by molar-refractivity contribution is 5.91. The molecular formula is C23H28FN5O. The number of nitrogens with one attached hydrogen (secondary N) is 2. The summed E-state index contributed by atoms with van der Waals surface area (Å²) in [7, 11) is 0. The maximum Gasteiger partial charge on any atom is 0.319 e. The standard InChI is InChI=1S/C23H28FN5O/c1-13-9-19(24)20(29-22(30)25-8-7-23(4,5)6)11-17(13)18-10-16-12-26-15(3)28-21(16)27-14(18)2/h9-12H,7-8H2,1-6H3,(H2,25,29,30). The van der Waals surface area contributed by atoms with E-state index < -0.39 is 11.8 Å². The van der Waals surface area contributed by atoms with Gasteiger partial charge in [0.1, 0.15) is 11.6 Å². The number of fused-ring (bicyclic) bond motifs is 1. The van der Waals surface area contributed by atoms with Crippen LogP contribution >= 0.6 is 0 Å². The van der Waals surface area contributed by atoms with Crippen LogP contribution in [0.1, 0.15) is 44.3 Å². The summed E-state index contributed by atoms with van der Waals surface area (Å²) in [5, 5.41) is 6.22. The van der Waals surface area contributed by atoms with E-state index in [1.807, 2.05) is 26.8 Å². The molecule has 0 aliphatic heterocycles. The highest BCUT2D eigenvalue weighted by Crippen LogP contribution is 2.32. The molecule has 0 unspecified atom stereocenters. The maximum atomic E-state index is 14.5. The average Bonchev–Trinajstić information content (AvgIpc) is 2.62. The van der Waals surface area contributed by atoms with E-state index in [9.17, 15) is 9.18 Å². The lowest BCUT2D eigenvalue weighted by molar-refractivity contribution is 0.250. The first kappa shape index (κ1) is 21.6. The van der Waals surface area contributed by atoms with E-state index in [0.717, 1.165) is 34.2 Å². The normalized spacial score (nSPS) is 11.6. The van der Waals surface area contributed by atoms with Gasteiger partial charge in [0.05, 0.1) is 5.69 Å². The first-order chi connectivity index (χ1) is 14.0. The van der Waals surface area contributed by atoms with E-state index in [1.165, 1.54) is 6.07 Å². The zero-order valence-corrected chi connectivity index (χ0v) is 18.4. The molecule has 3 rings (SSSR count). The van der Waals surface area contributed by atoms with Gasteiger partial charge in [0, 0.05) is 29.4 Å². The SMILES string of the molecule is Cc1ncc2cc(-c3cc(NC(=O)NCCC(C)(C)C)c(F)cc3C)c(C)nc2n1. The Morgan fingerprint density at radius 1 is 1.07 bits per heavy atom. The van der Waals surface area contributed by atoms with Gasteiger partial charge in [0.2, 0.25) is 0 Å². The lowest BCUT2D eigenvalue weighted by Crippen LogP contribution is -2.31. The number of hydrogen-bond acceptors (Lipinski definition) is 4. The van der Waals surface area contributed by atoms with Crippen LogP contribution in [0.3, 0.4) is 0 Å². The van der Waals surface area contributed by atoms with E-state index in [1.54, 1.807) is 12.3 Å². The summed E-state index contributed by atoms with van der Waals surface area (Å²) in [5.41, 5.74) is 4.04. The Morgan fingerprint density at radius 2 is 1.80 bits per heavy atom. The third-order valence-electron chi connectivity index (χ3n) is 4.89. The minimum atomic E-state index is -0.479. The Kier molecular flexibility index (Phi) is 6.01. The summed E-state index contributed by atoms with van der Waals surface area (Å²) in [6, 6.07) is 4.60. The average molecular weight is 410 g/mol. The molecular weight excluding hydrogens is 381 g/mol. The monoisotopic (exact) mass is 409 g/mol. The van der Waals surface area contributed by atoms with Gasteiger partial charge >= 0.3 is 6.03 Å².